The van der Waals surface area contributed by atoms with Gasteiger partial charge in [0.25, 0.3) is 0 Å². The molecule has 0 aliphatic rings. The van der Waals surface area contributed by atoms with Crippen LogP contribution >= 0.6 is 0 Å². The molecule has 0 saturated carbocycles. The van der Waals surface area contributed by atoms with E-state index in [1.807, 2.05) is 0 Å². The molecule has 4 N–H and O–H groups in total. The van der Waals surface area contributed by atoms with Gasteiger partial charge in [0, 0.05) is 13.1 Å². The normalized spacial score (nSPS) is 10.7. The average Bonchev–Trinajstić information content (AvgIpc) is 2.22. The molecule has 0 atom stereocenters. The molecule has 0 rings (SSSR count). The van der Waals surface area contributed by atoms with E-state index in [0.29, 0.717) is 0 Å². The number of rotatable bonds is 11. The summed E-state index contributed by atoms with van der Waals surface area (Å²) >= 11 is 0. The number of aliphatic hydroxyl groups is 1. The van der Waals surface area contributed by atoms with Gasteiger partial charge in [0.1, 0.15) is 0 Å². The van der Waals surface area contributed by atoms with Gasteiger partial charge in [0.2, 0.25) is 0 Å². The van der Waals surface area contributed by atoms with Crippen molar-refractivity contribution in [2.45, 2.75) is 0 Å². The van der Waals surface area contributed by atoms with Crippen molar-refractivity contribution in [1.82, 2.24) is 9.80 Å². The molecule has 9 nitrogen and oxygen atoms in total. The first-order chi connectivity index (χ1) is 9.20. The van der Waals surface area contributed by atoms with Crippen LogP contribution in [-0.2, 0) is 14.4 Å². The highest BCUT2D eigenvalue weighted by Crippen LogP contribution is 1.97. The molecule has 0 aliphatic carbocycles. The molecule has 0 spiro atoms. The topological polar surface area (TPSA) is 139 Å². The van der Waals surface area contributed by atoms with Crippen molar-refractivity contribution in [3.63, 3.8) is 0 Å². The van der Waals surface area contributed by atoms with Crippen molar-refractivity contribution < 1.29 is 34.8 Å². The van der Waals surface area contributed by atoms with Crippen LogP contribution in [0.5, 0.6) is 0 Å². The number of carboxylic acids is 3. The molecule has 0 bridgehead atoms. The van der Waals surface area contributed by atoms with Gasteiger partial charge in [-0.25, -0.2) is 0 Å². The summed E-state index contributed by atoms with van der Waals surface area (Å²) in [7, 11) is 0. The van der Waals surface area contributed by atoms with Gasteiger partial charge in [0.05, 0.1) is 31.9 Å². The Morgan fingerprint density at radius 1 is 0.700 bits per heavy atom. The molecule has 0 aromatic rings. The Balaban J connectivity index is 4.49. The molecule has 0 aliphatic heterocycles. The zero-order valence-corrected chi connectivity index (χ0v) is 10.9. The van der Waals surface area contributed by atoms with Crippen LogP contribution in [0.1, 0.15) is 0 Å². The predicted molar refractivity (Wildman–Crippen MR) is 67.6 cm³/mol. The van der Waals surface area contributed by atoms with E-state index in [9.17, 15) is 14.4 Å². The second kappa shape index (κ2) is 8.88. The van der Waals surface area contributed by atoms with E-state index < -0.39 is 31.0 Å². The Hall–Kier alpha value is -2.13. The van der Waals surface area contributed by atoms with E-state index in [0.717, 1.165) is 4.90 Å². The number of hydrogen-bond donors (Lipinski definition) is 4. The summed E-state index contributed by atoms with van der Waals surface area (Å²) in [6, 6.07) is 0. The van der Waals surface area contributed by atoms with Crippen LogP contribution in [0.25, 0.3) is 0 Å². The van der Waals surface area contributed by atoms with Gasteiger partial charge in [-0.1, -0.05) is 6.58 Å². The van der Waals surface area contributed by atoms with Gasteiger partial charge < -0.3 is 20.4 Å². The van der Waals surface area contributed by atoms with E-state index in [2.05, 4.69) is 6.58 Å². The summed E-state index contributed by atoms with van der Waals surface area (Å²) in [5.41, 5.74) is 0. The lowest BCUT2D eigenvalue weighted by Gasteiger charge is -2.24. The fourth-order valence-electron chi connectivity index (χ4n) is 1.54. The lowest BCUT2D eigenvalue weighted by atomic mass is 10.3. The third-order valence-corrected chi connectivity index (χ3v) is 2.22. The number of carbonyl (C=O) groups is 3. The molecule has 20 heavy (non-hydrogen) atoms. The second-order valence-corrected chi connectivity index (χ2v) is 4.17. The molecule has 0 fully saturated rings. The van der Waals surface area contributed by atoms with Crippen LogP contribution in [0.4, 0.5) is 0 Å². The fourth-order valence-corrected chi connectivity index (χ4v) is 1.54. The first-order valence-electron chi connectivity index (χ1n) is 5.67. The van der Waals surface area contributed by atoms with Crippen molar-refractivity contribution in [3.05, 3.63) is 12.3 Å². The largest absolute Gasteiger partial charge is 0.512 e. The third-order valence-electron chi connectivity index (χ3n) is 2.22. The lowest BCUT2D eigenvalue weighted by molar-refractivity contribution is -0.143. The van der Waals surface area contributed by atoms with E-state index in [-0.39, 0.29) is 31.9 Å². The van der Waals surface area contributed by atoms with Crippen LogP contribution in [0, 0.1) is 0 Å². The molecule has 0 unspecified atom stereocenters. The molecule has 0 radical (unpaired) electrons. The van der Waals surface area contributed by atoms with Gasteiger partial charge in [-0.15, -0.1) is 0 Å². The van der Waals surface area contributed by atoms with E-state index >= 15 is 0 Å². The second-order valence-electron chi connectivity index (χ2n) is 4.17. The zero-order valence-electron chi connectivity index (χ0n) is 10.9. The highest BCUT2D eigenvalue weighted by Gasteiger charge is 2.16. The Bertz CT molecular complexity index is 315. The van der Waals surface area contributed by atoms with Crippen molar-refractivity contribution in [2.24, 2.45) is 0 Å². The highest BCUT2D eigenvalue weighted by molar-refractivity contribution is 5.72. The first kappa shape index (κ1) is 17.9. The number of aliphatic carboxylic acids is 3. The van der Waals surface area contributed by atoms with Gasteiger partial charge in [-0.05, 0) is 0 Å². The summed E-state index contributed by atoms with van der Waals surface area (Å²) in [5, 5.41) is 35.1. The summed E-state index contributed by atoms with van der Waals surface area (Å²) in [4.78, 5) is 34.3. The minimum absolute atomic E-state index is 0.0408. The van der Waals surface area contributed by atoms with Crippen molar-refractivity contribution >= 4 is 17.9 Å². The standard InChI is InChI=1S/C11H18N2O7/c1-8(14)4-12(5-9(15)16)2-3-13(6-10(17)18)7-11(19)20/h14H,1-7H2,(H,15,16)(H,17,18)(H,19,20). The maximum Gasteiger partial charge on any atom is 0.317 e. The van der Waals surface area contributed by atoms with Crippen LogP contribution < -0.4 is 0 Å². The first-order valence-corrected chi connectivity index (χ1v) is 5.67. The summed E-state index contributed by atoms with van der Waals surface area (Å²) in [6.07, 6.45) is 0. The van der Waals surface area contributed by atoms with Crippen LogP contribution in [-0.4, -0.2) is 87.4 Å². The summed E-state index contributed by atoms with van der Waals surface area (Å²) in [5.74, 6) is -3.70. The Labute approximate surface area is 115 Å². The minimum atomic E-state index is -1.18. The fraction of sp³-hybridized carbons (Fsp3) is 0.545. The summed E-state index contributed by atoms with van der Waals surface area (Å²) < 4.78 is 0. The quantitative estimate of drug-likeness (QED) is 0.350. The molecule has 114 valence electrons. The number of nitrogens with zero attached hydrogens (tertiary/aromatic N) is 2. The van der Waals surface area contributed by atoms with Crippen molar-refractivity contribution in [1.29, 1.82) is 0 Å². The maximum absolute atomic E-state index is 10.6. The molecule has 0 saturated heterocycles. The van der Waals surface area contributed by atoms with Crippen molar-refractivity contribution in [2.75, 3.05) is 39.3 Å². The smallest absolute Gasteiger partial charge is 0.317 e. The van der Waals surface area contributed by atoms with Gasteiger partial charge >= 0.3 is 17.9 Å². The zero-order chi connectivity index (χ0) is 15.7. The van der Waals surface area contributed by atoms with Crippen LogP contribution in [0.15, 0.2) is 12.3 Å². The number of aliphatic hydroxyl groups excluding tert-OH is 1. The number of carboxylic acid groups (broad SMARTS) is 3. The Kier molecular flexibility index (Phi) is 7.94. The molecule has 0 aromatic carbocycles. The van der Waals surface area contributed by atoms with Crippen LogP contribution in [0.3, 0.4) is 0 Å². The van der Waals surface area contributed by atoms with E-state index in [4.69, 9.17) is 20.4 Å². The van der Waals surface area contributed by atoms with Crippen LogP contribution in [0.2, 0.25) is 0 Å². The van der Waals surface area contributed by atoms with Gasteiger partial charge in [0.15, 0.2) is 0 Å². The average molecular weight is 290 g/mol. The van der Waals surface area contributed by atoms with Gasteiger partial charge in [-0.2, -0.15) is 0 Å². The molecule has 0 heterocycles. The molecular formula is C11H18N2O7. The lowest BCUT2D eigenvalue weighted by Crippen LogP contribution is -2.42. The highest BCUT2D eigenvalue weighted by atomic mass is 16.4. The monoisotopic (exact) mass is 290 g/mol. The van der Waals surface area contributed by atoms with E-state index in [1.54, 1.807) is 0 Å². The molecule has 9 heteroatoms. The third kappa shape index (κ3) is 9.85. The molecular weight excluding hydrogens is 272 g/mol. The predicted octanol–water partition coefficient (Wildman–Crippen LogP) is -1.08. The van der Waals surface area contributed by atoms with E-state index in [1.165, 1.54) is 4.90 Å². The Morgan fingerprint density at radius 3 is 1.25 bits per heavy atom. The molecule has 0 aromatic heterocycles. The maximum atomic E-state index is 10.6. The Morgan fingerprint density at radius 2 is 1.00 bits per heavy atom. The molecule has 0 amide bonds. The SMILES string of the molecule is C=C(O)CN(CCN(CC(=O)O)CC(=O)O)CC(=O)O. The summed E-state index contributed by atoms with van der Waals surface area (Å²) in [6.45, 7) is 2.00. The van der Waals surface area contributed by atoms with Gasteiger partial charge in [-0.3, -0.25) is 24.2 Å². The number of hydrogen-bond acceptors (Lipinski definition) is 6. The van der Waals surface area contributed by atoms with Crippen molar-refractivity contribution in [3.8, 4) is 0 Å². The minimum Gasteiger partial charge on any atom is -0.512 e.